The summed E-state index contributed by atoms with van der Waals surface area (Å²) in [4.78, 5) is 11.3. The highest BCUT2D eigenvalue weighted by molar-refractivity contribution is 7.73. The van der Waals surface area contributed by atoms with Crippen LogP contribution < -0.4 is 0 Å². The Labute approximate surface area is 95.0 Å². The summed E-state index contributed by atoms with van der Waals surface area (Å²) in [6.07, 6.45) is 3.19. The number of aromatic nitrogens is 2. The lowest BCUT2D eigenvalue weighted by molar-refractivity contribution is 0.456. The maximum atomic E-state index is 9.39. The predicted molar refractivity (Wildman–Crippen MR) is 62.7 cm³/mol. The summed E-state index contributed by atoms with van der Waals surface area (Å²) >= 11 is 6.14. The zero-order chi connectivity index (χ0) is 10.7. The predicted octanol–water partition coefficient (Wildman–Crippen LogP) is 2.66. The molecule has 0 unspecified atom stereocenters. The van der Waals surface area contributed by atoms with Crippen molar-refractivity contribution in [2.75, 3.05) is 0 Å². The van der Waals surface area contributed by atoms with E-state index in [4.69, 9.17) is 12.2 Å². The molecule has 0 aliphatic carbocycles. The van der Waals surface area contributed by atoms with Crippen LogP contribution in [0.5, 0.6) is 5.88 Å². The molecular formula is C9H7N3OS2. The van der Waals surface area contributed by atoms with E-state index in [1.54, 1.807) is 12.3 Å². The fourth-order valence-corrected chi connectivity index (χ4v) is 1.94. The highest BCUT2D eigenvalue weighted by Crippen LogP contribution is 2.19. The Kier molecular flexibility index (Phi) is 2.89. The van der Waals surface area contributed by atoms with Crippen LogP contribution in [0.4, 0.5) is 5.82 Å². The van der Waals surface area contributed by atoms with Crippen LogP contribution in [0.25, 0.3) is 0 Å². The smallest absolute Gasteiger partial charge is 0.209 e. The molecule has 0 fully saturated rings. The van der Waals surface area contributed by atoms with Gasteiger partial charge in [-0.1, -0.05) is 17.4 Å². The topological polar surface area (TPSA) is 61.3 Å². The Morgan fingerprint density at radius 2 is 2.40 bits per heavy atom. The maximum Gasteiger partial charge on any atom is 0.209 e. The molecule has 0 saturated carbocycles. The third-order valence-corrected chi connectivity index (χ3v) is 2.78. The summed E-state index contributed by atoms with van der Waals surface area (Å²) < 4.78 is 0.523. The highest BCUT2D eigenvalue weighted by Gasteiger charge is 2.00. The summed E-state index contributed by atoms with van der Waals surface area (Å²) in [5.74, 6) is 0.640. The molecule has 0 bridgehead atoms. The maximum absolute atomic E-state index is 9.39. The first-order chi connectivity index (χ1) is 7.25. The normalized spacial score (nSPS) is 10.9. The Bertz CT molecular complexity index is 530. The first-order valence-electron chi connectivity index (χ1n) is 4.13. The fourth-order valence-electron chi connectivity index (χ4n) is 0.974. The number of hydrogen-bond acceptors (Lipinski definition) is 5. The van der Waals surface area contributed by atoms with Crippen molar-refractivity contribution in [3.8, 4) is 5.88 Å². The molecule has 2 rings (SSSR count). The molecule has 2 aromatic rings. The summed E-state index contributed by atoms with van der Waals surface area (Å²) in [5.41, 5.74) is 0. The molecule has 0 atom stereocenters. The van der Waals surface area contributed by atoms with Crippen molar-refractivity contribution < 1.29 is 5.11 Å². The lowest BCUT2D eigenvalue weighted by Crippen LogP contribution is -1.76. The highest BCUT2D eigenvalue weighted by atomic mass is 32.1. The second-order valence-corrected chi connectivity index (χ2v) is 4.39. The third-order valence-electron chi connectivity index (χ3n) is 1.62. The molecule has 0 spiro atoms. The Hall–Kier alpha value is -1.53. The average Bonchev–Trinajstić information content (AvgIpc) is 2.56. The minimum absolute atomic E-state index is 0.0460. The van der Waals surface area contributed by atoms with Crippen LogP contribution in [-0.4, -0.2) is 21.3 Å². The molecule has 2 aromatic heterocycles. The molecule has 0 aliphatic rings. The van der Waals surface area contributed by atoms with Gasteiger partial charge in [-0.25, -0.2) is 9.98 Å². The molecule has 6 heteroatoms. The van der Waals surface area contributed by atoms with Crippen molar-refractivity contribution in [1.29, 1.82) is 0 Å². The number of H-pyrrole nitrogens is 1. The van der Waals surface area contributed by atoms with Gasteiger partial charge in [-0.2, -0.15) is 0 Å². The minimum atomic E-state index is 0.0460. The summed E-state index contributed by atoms with van der Waals surface area (Å²) in [5, 5.41) is 9.39. The summed E-state index contributed by atoms with van der Waals surface area (Å²) in [6.45, 7) is 0. The van der Waals surface area contributed by atoms with E-state index in [0.717, 1.165) is 0 Å². The van der Waals surface area contributed by atoms with Crippen LogP contribution >= 0.6 is 23.6 Å². The monoisotopic (exact) mass is 237 g/mol. The molecule has 0 amide bonds. The van der Waals surface area contributed by atoms with Crippen LogP contribution in [0.1, 0.15) is 4.88 Å². The van der Waals surface area contributed by atoms with Crippen LogP contribution in [-0.2, 0) is 0 Å². The number of rotatable bonds is 2. The van der Waals surface area contributed by atoms with Gasteiger partial charge in [0.05, 0.1) is 6.21 Å². The van der Waals surface area contributed by atoms with Gasteiger partial charge in [0.1, 0.15) is 4.88 Å². The standard InChI is InChI=1S/C9H7N3OS2/c13-8-6(15-9(14)12-8)5-11-7-3-1-2-4-10-7/h1-5,13H,(H,12,14)/b11-5+. The summed E-state index contributed by atoms with van der Waals surface area (Å²) in [6, 6.07) is 5.44. The zero-order valence-corrected chi connectivity index (χ0v) is 9.18. The molecule has 2 N–H and O–H groups in total. The SMILES string of the molecule is Oc1[nH]c(=S)sc1/C=N/c1ccccn1. The van der Waals surface area contributed by atoms with Gasteiger partial charge in [0.15, 0.2) is 9.77 Å². The first kappa shape index (κ1) is 10.0. The molecule has 0 saturated heterocycles. The number of hydrogen-bond donors (Lipinski definition) is 2. The van der Waals surface area contributed by atoms with Crippen LogP contribution in [0.15, 0.2) is 29.4 Å². The molecule has 0 aromatic carbocycles. The Morgan fingerprint density at radius 3 is 3.00 bits per heavy atom. The average molecular weight is 237 g/mol. The number of aliphatic imine (C=N–C) groups is 1. The Morgan fingerprint density at radius 1 is 1.53 bits per heavy atom. The lowest BCUT2D eigenvalue weighted by atomic mass is 10.5. The molecule has 15 heavy (non-hydrogen) atoms. The van der Waals surface area contributed by atoms with E-state index >= 15 is 0 Å². The van der Waals surface area contributed by atoms with E-state index in [9.17, 15) is 5.11 Å². The van der Waals surface area contributed by atoms with Crippen LogP contribution in [0.2, 0.25) is 0 Å². The van der Waals surface area contributed by atoms with Gasteiger partial charge in [-0.15, -0.1) is 0 Å². The van der Waals surface area contributed by atoms with E-state index in [0.29, 0.717) is 14.6 Å². The van der Waals surface area contributed by atoms with Gasteiger partial charge in [0.2, 0.25) is 5.88 Å². The van der Waals surface area contributed by atoms with Crippen molar-refractivity contribution in [2.24, 2.45) is 4.99 Å². The van der Waals surface area contributed by atoms with E-state index < -0.39 is 0 Å². The largest absolute Gasteiger partial charge is 0.494 e. The van der Waals surface area contributed by atoms with Crippen LogP contribution in [0, 0.1) is 3.95 Å². The van der Waals surface area contributed by atoms with Gasteiger partial charge >= 0.3 is 0 Å². The quantitative estimate of drug-likeness (QED) is 0.623. The summed E-state index contributed by atoms with van der Waals surface area (Å²) in [7, 11) is 0. The number of thiazole rings is 1. The number of aromatic hydroxyl groups is 1. The van der Waals surface area contributed by atoms with E-state index in [2.05, 4.69) is 15.0 Å². The minimum Gasteiger partial charge on any atom is -0.494 e. The van der Waals surface area contributed by atoms with Crippen molar-refractivity contribution in [1.82, 2.24) is 9.97 Å². The lowest BCUT2D eigenvalue weighted by Gasteiger charge is -1.89. The van der Waals surface area contributed by atoms with Crippen molar-refractivity contribution in [2.45, 2.75) is 0 Å². The number of aromatic amines is 1. The second kappa shape index (κ2) is 4.33. The molecule has 0 radical (unpaired) electrons. The number of pyridine rings is 1. The second-order valence-electron chi connectivity index (χ2n) is 2.67. The molecule has 76 valence electrons. The van der Waals surface area contributed by atoms with Gasteiger partial charge in [-0.05, 0) is 24.4 Å². The van der Waals surface area contributed by atoms with Crippen LogP contribution in [0.3, 0.4) is 0 Å². The molecular weight excluding hydrogens is 230 g/mol. The zero-order valence-electron chi connectivity index (χ0n) is 7.54. The van der Waals surface area contributed by atoms with E-state index in [1.165, 1.54) is 17.6 Å². The third kappa shape index (κ3) is 2.48. The van der Waals surface area contributed by atoms with Gasteiger partial charge in [-0.3, -0.25) is 0 Å². The van der Waals surface area contributed by atoms with E-state index in [-0.39, 0.29) is 5.88 Å². The van der Waals surface area contributed by atoms with Gasteiger partial charge in [0.25, 0.3) is 0 Å². The molecule has 0 aliphatic heterocycles. The first-order valence-corrected chi connectivity index (χ1v) is 5.35. The Balaban J connectivity index is 2.26. The van der Waals surface area contributed by atoms with Crippen molar-refractivity contribution in [3.05, 3.63) is 33.2 Å². The van der Waals surface area contributed by atoms with Crippen molar-refractivity contribution >= 4 is 35.6 Å². The van der Waals surface area contributed by atoms with Gasteiger partial charge < -0.3 is 10.1 Å². The van der Waals surface area contributed by atoms with Crippen molar-refractivity contribution in [3.63, 3.8) is 0 Å². The van der Waals surface area contributed by atoms with E-state index in [1.807, 2.05) is 12.1 Å². The molecule has 2 heterocycles. The molecule has 4 nitrogen and oxygen atoms in total. The number of nitrogens with one attached hydrogen (secondary N) is 1. The van der Waals surface area contributed by atoms with Gasteiger partial charge in [0, 0.05) is 6.20 Å². The number of nitrogens with zero attached hydrogens (tertiary/aromatic N) is 2. The fraction of sp³-hybridized carbons (Fsp3) is 0.